The van der Waals surface area contributed by atoms with Crippen LogP contribution in [0.25, 0.3) is 0 Å². The molecule has 2 aliphatic heterocycles. The maximum Gasteiger partial charge on any atom is 0.248 e. The number of likely N-dealkylation sites (tertiary alicyclic amines) is 2. The summed E-state index contributed by atoms with van der Waals surface area (Å²) < 4.78 is 5.83. The number of nitrogens with zero attached hydrogens (tertiary/aromatic N) is 2. The van der Waals surface area contributed by atoms with E-state index in [4.69, 9.17) is 4.74 Å². The summed E-state index contributed by atoms with van der Waals surface area (Å²) in [5, 5.41) is 0. The van der Waals surface area contributed by atoms with Crippen LogP contribution in [0.5, 0.6) is 0 Å². The first kappa shape index (κ1) is 17.0. The van der Waals surface area contributed by atoms with E-state index in [9.17, 15) is 4.79 Å². The molecule has 1 aliphatic carbocycles. The second-order valence-electron chi connectivity index (χ2n) is 8.50. The standard InChI is InChI=1S/C21H30N2O2/c1-21-15-22(11-17-7-3-2-4-8-17)12-18(21)13-23(16-21)20(24)14-25-19-9-5-6-10-19/h2-4,7-8,18-19H,5-6,9-16H2,1H3/t18-,21+/m0/s1. The number of hydrogen-bond acceptors (Lipinski definition) is 3. The molecule has 0 N–H and O–H groups in total. The molecule has 0 unspecified atom stereocenters. The predicted molar refractivity (Wildman–Crippen MR) is 98.1 cm³/mol. The second-order valence-corrected chi connectivity index (χ2v) is 8.50. The minimum atomic E-state index is 0.192. The minimum Gasteiger partial charge on any atom is -0.368 e. The first-order valence-electron chi connectivity index (χ1n) is 9.78. The quantitative estimate of drug-likeness (QED) is 0.825. The summed E-state index contributed by atoms with van der Waals surface area (Å²) in [6.45, 7) is 7.61. The third kappa shape index (κ3) is 3.75. The monoisotopic (exact) mass is 342 g/mol. The number of hydrogen-bond donors (Lipinski definition) is 0. The van der Waals surface area contributed by atoms with Crippen LogP contribution in [-0.4, -0.2) is 54.6 Å². The molecule has 1 aromatic rings. The van der Waals surface area contributed by atoms with Crippen molar-refractivity contribution in [1.82, 2.24) is 9.80 Å². The summed E-state index contributed by atoms with van der Waals surface area (Å²) in [5.41, 5.74) is 1.61. The number of rotatable bonds is 5. The largest absolute Gasteiger partial charge is 0.368 e. The number of amides is 1. The number of fused-ring (bicyclic) bond motifs is 1. The summed E-state index contributed by atoms with van der Waals surface area (Å²) in [4.78, 5) is 17.1. The van der Waals surface area contributed by atoms with Crippen molar-refractivity contribution in [2.24, 2.45) is 11.3 Å². The van der Waals surface area contributed by atoms with Gasteiger partial charge in [-0.05, 0) is 24.3 Å². The molecule has 2 heterocycles. The zero-order chi connectivity index (χ0) is 17.3. The normalized spacial score (nSPS) is 30.1. The van der Waals surface area contributed by atoms with E-state index in [-0.39, 0.29) is 17.9 Å². The van der Waals surface area contributed by atoms with Gasteiger partial charge in [-0.25, -0.2) is 0 Å². The highest BCUT2D eigenvalue weighted by Crippen LogP contribution is 2.42. The lowest BCUT2D eigenvalue weighted by Gasteiger charge is -2.26. The van der Waals surface area contributed by atoms with Gasteiger partial charge in [-0.2, -0.15) is 0 Å². The Balaban J connectivity index is 1.28. The molecule has 4 rings (SSSR count). The molecule has 4 nitrogen and oxygen atoms in total. The molecule has 2 saturated heterocycles. The summed E-state index contributed by atoms with van der Waals surface area (Å²) in [7, 11) is 0. The first-order valence-corrected chi connectivity index (χ1v) is 9.78. The Morgan fingerprint density at radius 2 is 1.92 bits per heavy atom. The molecule has 0 bridgehead atoms. The Hall–Kier alpha value is -1.39. The average molecular weight is 342 g/mol. The third-order valence-corrected chi connectivity index (χ3v) is 6.39. The molecule has 3 aliphatic rings. The van der Waals surface area contributed by atoms with E-state index in [1.165, 1.54) is 18.4 Å². The maximum absolute atomic E-state index is 12.5. The van der Waals surface area contributed by atoms with Gasteiger partial charge in [0.15, 0.2) is 0 Å². The molecule has 0 spiro atoms. The van der Waals surface area contributed by atoms with E-state index >= 15 is 0 Å². The van der Waals surface area contributed by atoms with Crippen LogP contribution >= 0.6 is 0 Å². The molecule has 1 amide bonds. The summed E-state index contributed by atoms with van der Waals surface area (Å²) in [5.74, 6) is 0.781. The van der Waals surface area contributed by atoms with Crippen molar-refractivity contribution < 1.29 is 9.53 Å². The van der Waals surface area contributed by atoms with Gasteiger partial charge in [0.05, 0.1) is 6.10 Å². The molecule has 3 fully saturated rings. The van der Waals surface area contributed by atoms with Crippen molar-refractivity contribution in [3.05, 3.63) is 35.9 Å². The number of carbonyl (C=O) groups excluding carboxylic acids is 1. The van der Waals surface area contributed by atoms with Gasteiger partial charge in [-0.3, -0.25) is 9.69 Å². The van der Waals surface area contributed by atoms with Crippen LogP contribution in [0.1, 0.15) is 38.2 Å². The van der Waals surface area contributed by atoms with Gasteiger partial charge in [0.2, 0.25) is 5.91 Å². The highest BCUT2D eigenvalue weighted by molar-refractivity contribution is 5.78. The van der Waals surface area contributed by atoms with Gasteiger partial charge in [0.25, 0.3) is 0 Å². The van der Waals surface area contributed by atoms with E-state index < -0.39 is 0 Å². The Kier molecular flexibility index (Phi) is 4.83. The first-order chi connectivity index (χ1) is 12.1. The highest BCUT2D eigenvalue weighted by Gasteiger charge is 2.50. The van der Waals surface area contributed by atoms with Crippen molar-refractivity contribution in [1.29, 1.82) is 0 Å². The van der Waals surface area contributed by atoms with Crippen LogP contribution < -0.4 is 0 Å². The molecular formula is C21H30N2O2. The minimum absolute atomic E-state index is 0.192. The number of benzene rings is 1. The lowest BCUT2D eigenvalue weighted by molar-refractivity contribution is -0.137. The number of ether oxygens (including phenoxy) is 1. The van der Waals surface area contributed by atoms with E-state index in [1.807, 2.05) is 0 Å². The van der Waals surface area contributed by atoms with Gasteiger partial charge < -0.3 is 9.64 Å². The molecule has 0 aromatic heterocycles. The fourth-order valence-electron chi connectivity index (χ4n) is 4.95. The molecule has 2 atom stereocenters. The van der Waals surface area contributed by atoms with Crippen molar-refractivity contribution in [2.75, 3.05) is 32.8 Å². The van der Waals surface area contributed by atoms with E-state index in [2.05, 4.69) is 47.1 Å². The van der Waals surface area contributed by atoms with Crippen LogP contribution in [0.3, 0.4) is 0 Å². The SMILES string of the molecule is C[C@]12CN(Cc3ccccc3)C[C@H]1CN(C(=O)COC1CCCC1)C2. The van der Waals surface area contributed by atoms with Gasteiger partial charge in [0.1, 0.15) is 6.61 Å². The lowest BCUT2D eigenvalue weighted by atomic mass is 9.83. The molecule has 136 valence electrons. The van der Waals surface area contributed by atoms with Crippen molar-refractivity contribution in [2.45, 2.75) is 45.3 Å². The summed E-state index contributed by atoms with van der Waals surface area (Å²) in [6.07, 6.45) is 5.08. The Bertz CT molecular complexity index is 599. The maximum atomic E-state index is 12.5. The van der Waals surface area contributed by atoms with Crippen molar-refractivity contribution in [3.8, 4) is 0 Å². The Morgan fingerprint density at radius 3 is 2.64 bits per heavy atom. The highest BCUT2D eigenvalue weighted by atomic mass is 16.5. The summed E-state index contributed by atoms with van der Waals surface area (Å²) in [6, 6.07) is 10.7. The lowest BCUT2D eigenvalue weighted by Crippen LogP contribution is -2.37. The Labute approximate surface area is 151 Å². The van der Waals surface area contributed by atoms with E-state index in [0.29, 0.717) is 12.0 Å². The molecule has 25 heavy (non-hydrogen) atoms. The second kappa shape index (κ2) is 7.08. The van der Waals surface area contributed by atoms with E-state index in [1.54, 1.807) is 0 Å². The van der Waals surface area contributed by atoms with Crippen molar-refractivity contribution in [3.63, 3.8) is 0 Å². The van der Waals surface area contributed by atoms with Crippen LogP contribution in [0.15, 0.2) is 30.3 Å². The molecule has 1 aromatic carbocycles. The van der Waals surface area contributed by atoms with Gasteiger partial charge in [-0.1, -0.05) is 50.1 Å². The summed E-state index contributed by atoms with van der Waals surface area (Å²) >= 11 is 0. The van der Waals surface area contributed by atoms with Crippen LogP contribution in [0, 0.1) is 11.3 Å². The van der Waals surface area contributed by atoms with Crippen molar-refractivity contribution >= 4 is 5.91 Å². The number of carbonyl (C=O) groups is 1. The third-order valence-electron chi connectivity index (χ3n) is 6.39. The molecule has 1 saturated carbocycles. The zero-order valence-corrected chi connectivity index (χ0v) is 15.3. The zero-order valence-electron chi connectivity index (χ0n) is 15.3. The molecule has 0 radical (unpaired) electrons. The van der Waals surface area contributed by atoms with E-state index in [0.717, 1.165) is 45.6 Å². The molecule has 4 heteroatoms. The fourth-order valence-corrected chi connectivity index (χ4v) is 4.95. The smallest absolute Gasteiger partial charge is 0.248 e. The topological polar surface area (TPSA) is 32.8 Å². The predicted octanol–water partition coefficient (Wildman–Crippen LogP) is 2.93. The van der Waals surface area contributed by atoms with Gasteiger partial charge in [0, 0.05) is 38.1 Å². The van der Waals surface area contributed by atoms with Crippen LogP contribution in [0.2, 0.25) is 0 Å². The van der Waals surface area contributed by atoms with Crippen LogP contribution in [0.4, 0.5) is 0 Å². The van der Waals surface area contributed by atoms with Gasteiger partial charge >= 0.3 is 0 Å². The molecular weight excluding hydrogens is 312 g/mol. The average Bonchev–Trinajstić information content (AvgIpc) is 3.28. The Morgan fingerprint density at radius 1 is 1.16 bits per heavy atom. The fraction of sp³-hybridized carbons (Fsp3) is 0.667. The van der Waals surface area contributed by atoms with Gasteiger partial charge in [-0.15, -0.1) is 0 Å². The van der Waals surface area contributed by atoms with Crippen LogP contribution in [-0.2, 0) is 16.1 Å².